The highest BCUT2D eigenvalue weighted by molar-refractivity contribution is 5.80. The van der Waals surface area contributed by atoms with E-state index < -0.39 is 17.8 Å². The molecule has 1 heterocycles. The van der Waals surface area contributed by atoms with Crippen molar-refractivity contribution in [3.63, 3.8) is 0 Å². The summed E-state index contributed by atoms with van der Waals surface area (Å²) in [5.74, 6) is -1.57. The van der Waals surface area contributed by atoms with Crippen LogP contribution in [0.25, 0.3) is 5.69 Å². The third kappa shape index (κ3) is 5.33. The highest BCUT2D eigenvalue weighted by Gasteiger charge is 2.21. The lowest BCUT2D eigenvalue weighted by atomic mass is 10.0. The van der Waals surface area contributed by atoms with Gasteiger partial charge in [-0.15, -0.1) is 0 Å². The number of methoxy groups -OCH3 is 1. The van der Waals surface area contributed by atoms with Gasteiger partial charge in [-0.2, -0.15) is 5.10 Å². The smallest absolute Gasteiger partial charge is 0.307 e. The van der Waals surface area contributed by atoms with E-state index in [1.807, 2.05) is 6.92 Å². The van der Waals surface area contributed by atoms with Gasteiger partial charge in [0.15, 0.2) is 0 Å². The summed E-state index contributed by atoms with van der Waals surface area (Å²) in [6.45, 7) is 3.62. The topological polar surface area (TPSA) is 73.2 Å². The number of carbonyl (C=O) groups excluding carboxylic acids is 2. The van der Waals surface area contributed by atoms with E-state index in [2.05, 4.69) is 10.4 Å². The Morgan fingerprint density at radius 3 is 2.19 bits per heavy atom. The van der Waals surface area contributed by atoms with Crippen LogP contribution in [0, 0.1) is 25.5 Å². The number of nitrogens with zero attached hydrogens (tertiary/aromatic N) is 2. The van der Waals surface area contributed by atoms with Gasteiger partial charge >= 0.3 is 5.97 Å². The second kappa shape index (κ2) is 9.51. The highest BCUT2D eigenvalue weighted by atomic mass is 19.1. The molecule has 1 atom stereocenters. The zero-order chi connectivity index (χ0) is 22.5. The van der Waals surface area contributed by atoms with Crippen LogP contribution in [-0.2, 0) is 20.7 Å². The summed E-state index contributed by atoms with van der Waals surface area (Å²) in [5, 5.41) is 7.30. The predicted octanol–water partition coefficient (Wildman–Crippen LogP) is 3.73. The molecule has 0 bridgehead atoms. The third-order valence-electron chi connectivity index (χ3n) is 5.06. The van der Waals surface area contributed by atoms with Crippen molar-refractivity contribution in [2.75, 3.05) is 7.11 Å². The van der Waals surface area contributed by atoms with Crippen molar-refractivity contribution in [2.24, 2.45) is 0 Å². The highest BCUT2D eigenvalue weighted by Crippen LogP contribution is 2.21. The average molecular weight is 427 g/mol. The standard InChI is InChI=1S/C23H23F2N3O3/c1-14-20(15(2)28(27-14)19-10-8-18(25)9-11-19)12-22(29)26-21(13-23(30)31-3)16-4-6-17(24)7-5-16/h4-11,21H,12-13H2,1-3H3,(H,26,29). The number of nitrogens with one attached hydrogen (secondary N) is 1. The Morgan fingerprint density at radius 2 is 1.61 bits per heavy atom. The lowest BCUT2D eigenvalue weighted by Gasteiger charge is -2.18. The summed E-state index contributed by atoms with van der Waals surface area (Å²) in [4.78, 5) is 24.6. The Labute approximate surface area is 178 Å². The Balaban J connectivity index is 1.80. The first kappa shape index (κ1) is 22.1. The van der Waals surface area contributed by atoms with Crippen molar-refractivity contribution in [1.29, 1.82) is 0 Å². The maximum atomic E-state index is 13.3. The second-order valence-corrected chi connectivity index (χ2v) is 7.17. The minimum absolute atomic E-state index is 0.0394. The number of rotatable bonds is 7. The number of amides is 1. The molecule has 0 radical (unpaired) electrons. The summed E-state index contributed by atoms with van der Waals surface area (Å²) in [5.41, 5.74) is 3.44. The Morgan fingerprint density at radius 1 is 1.03 bits per heavy atom. The number of benzene rings is 2. The lowest BCUT2D eigenvalue weighted by molar-refractivity contribution is -0.141. The minimum Gasteiger partial charge on any atom is -0.469 e. The van der Waals surface area contributed by atoms with Gasteiger partial charge in [0.2, 0.25) is 5.91 Å². The molecule has 162 valence electrons. The fourth-order valence-electron chi connectivity index (χ4n) is 3.37. The van der Waals surface area contributed by atoms with Crippen molar-refractivity contribution in [2.45, 2.75) is 32.7 Å². The van der Waals surface area contributed by atoms with Gasteiger partial charge in [0.1, 0.15) is 11.6 Å². The van der Waals surface area contributed by atoms with E-state index in [-0.39, 0.29) is 24.6 Å². The molecular formula is C23H23F2N3O3. The molecular weight excluding hydrogens is 404 g/mol. The van der Waals surface area contributed by atoms with Crippen LogP contribution in [0.2, 0.25) is 0 Å². The first-order valence-electron chi connectivity index (χ1n) is 9.71. The van der Waals surface area contributed by atoms with Crippen molar-refractivity contribution >= 4 is 11.9 Å². The second-order valence-electron chi connectivity index (χ2n) is 7.17. The fourth-order valence-corrected chi connectivity index (χ4v) is 3.37. The number of ether oxygens (including phenoxy) is 1. The molecule has 31 heavy (non-hydrogen) atoms. The van der Waals surface area contributed by atoms with Gasteiger partial charge in [-0.1, -0.05) is 12.1 Å². The van der Waals surface area contributed by atoms with E-state index in [0.717, 1.165) is 11.3 Å². The van der Waals surface area contributed by atoms with E-state index in [9.17, 15) is 18.4 Å². The van der Waals surface area contributed by atoms with Crippen LogP contribution in [0.1, 0.15) is 35.0 Å². The van der Waals surface area contributed by atoms with E-state index in [4.69, 9.17) is 4.74 Å². The van der Waals surface area contributed by atoms with Crippen LogP contribution in [-0.4, -0.2) is 28.8 Å². The summed E-state index contributed by atoms with van der Waals surface area (Å²) in [7, 11) is 1.27. The van der Waals surface area contributed by atoms with Gasteiger partial charge in [-0.05, 0) is 55.8 Å². The van der Waals surface area contributed by atoms with Gasteiger partial charge in [0, 0.05) is 11.3 Å². The normalized spacial score (nSPS) is 11.8. The molecule has 1 unspecified atom stereocenters. The molecule has 2 aromatic carbocycles. The van der Waals surface area contributed by atoms with Crippen LogP contribution in [0.15, 0.2) is 48.5 Å². The largest absolute Gasteiger partial charge is 0.469 e. The third-order valence-corrected chi connectivity index (χ3v) is 5.06. The SMILES string of the molecule is COC(=O)CC(NC(=O)Cc1c(C)nn(-c2ccc(F)cc2)c1C)c1ccc(F)cc1. The lowest BCUT2D eigenvalue weighted by Crippen LogP contribution is -2.32. The average Bonchev–Trinajstić information content (AvgIpc) is 3.02. The molecule has 0 spiro atoms. The van der Waals surface area contributed by atoms with Gasteiger partial charge in [-0.3, -0.25) is 9.59 Å². The molecule has 0 fully saturated rings. The molecule has 0 saturated heterocycles. The van der Waals surface area contributed by atoms with Crippen LogP contribution in [0.4, 0.5) is 8.78 Å². The molecule has 0 saturated carbocycles. The monoisotopic (exact) mass is 427 g/mol. The van der Waals surface area contributed by atoms with Crippen molar-refractivity contribution in [1.82, 2.24) is 15.1 Å². The summed E-state index contributed by atoms with van der Waals surface area (Å²) in [6, 6.07) is 10.8. The Bertz CT molecular complexity index is 1080. The summed E-state index contributed by atoms with van der Waals surface area (Å²) in [6.07, 6.45) is -0.0432. The summed E-state index contributed by atoms with van der Waals surface area (Å²) >= 11 is 0. The first-order chi connectivity index (χ1) is 14.8. The zero-order valence-electron chi connectivity index (χ0n) is 17.5. The quantitative estimate of drug-likeness (QED) is 0.583. The number of halogens is 2. The van der Waals surface area contributed by atoms with E-state index in [1.165, 1.54) is 43.5 Å². The van der Waals surface area contributed by atoms with Gasteiger partial charge in [-0.25, -0.2) is 13.5 Å². The zero-order valence-corrected chi connectivity index (χ0v) is 17.5. The number of aryl methyl sites for hydroxylation is 1. The van der Waals surface area contributed by atoms with Crippen molar-refractivity contribution < 1.29 is 23.1 Å². The van der Waals surface area contributed by atoms with Crippen molar-refractivity contribution in [3.05, 3.63) is 82.7 Å². The molecule has 1 N–H and O–H groups in total. The van der Waals surface area contributed by atoms with Gasteiger partial charge in [0.25, 0.3) is 0 Å². The van der Waals surface area contributed by atoms with E-state index >= 15 is 0 Å². The van der Waals surface area contributed by atoms with E-state index in [0.29, 0.717) is 16.9 Å². The molecule has 0 aliphatic carbocycles. The van der Waals surface area contributed by atoms with Crippen LogP contribution < -0.4 is 5.32 Å². The molecule has 3 aromatic rings. The Kier molecular flexibility index (Phi) is 6.79. The molecule has 6 nitrogen and oxygen atoms in total. The molecule has 1 amide bonds. The maximum Gasteiger partial charge on any atom is 0.307 e. The molecule has 3 rings (SSSR count). The maximum absolute atomic E-state index is 13.3. The number of esters is 1. The Hall–Kier alpha value is -3.55. The van der Waals surface area contributed by atoms with Gasteiger partial charge in [0.05, 0.1) is 37.4 Å². The molecule has 0 aliphatic rings. The van der Waals surface area contributed by atoms with Gasteiger partial charge < -0.3 is 10.1 Å². The molecule has 8 heteroatoms. The molecule has 0 aliphatic heterocycles. The molecule has 1 aromatic heterocycles. The number of hydrogen-bond donors (Lipinski definition) is 1. The van der Waals surface area contributed by atoms with E-state index in [1.54, 1.807) is 23.7 Å². The first-order valence-corrected chi connectivity index (χ1v) is 9.71. The number of aromatic nitrogens is 2. The predicted molar refractivity (Wildman–Crippen MR) is 111 cm³/mol. The van der Waals surface area contributed by atoms with Crippen LogP contribution in [0.3, 0.4) is 0 Å². The number of carbonyl (C=O) groups is 2. The number of hydrogen-bond acceptors (Lipinski definition) is 4. The van der Waals surface area contributed by atoms with Crippen LogP contribution in [0.5, 0.6) is 0 Å². The van der Waals surface area contributed by atoms with Crippen LogP contribution >= 0.6 is 0 Å². The minimum atomic E-state index is -0.659. The van der Waals surface area contributed by atoms with Crippen molar-refractivity contribution in [3.8, 4) is 5.69 Å². The fraction of sp³-hybridized carbons (Fsp3) is 0.261. The summed E-state index contributed by atoms with van der Waals surface area (Å²) < 4.78 is 32.9.